The third-order valence-corrected chi connectivity index (χ3v) is 12.8. The molecule has 3 unspecified atom stereocenters. The van der Waals surface area contributed by atoms with E-state index < -0.39 is 0 Å². The molecule has 0 saturated heterocycles. The molecule has 3 atom stereocenters. The zero-order chi connectivity index (χ0) is 33.5. The predicted molar refractivity (Wildman–Crippen MR) is 209 cm³/mol. The number of fused-ring (bicyclic) bond motifs is 10. The summed E-state index contributed by atoms with van der Waals surface area (Å²) in [6.07, 6.45) is 52.0. The molecule has 0 radical (unpaired) electrons. The van der Waals surface area contributed by atoms with Gasteiger partial charge in [-0.15, -0.1) is 0 Å². The van der Waals surface area contributed by atoms with E-state index in [9.17, 15) is 0 Å². The third-order valence-electron chi connectivity index (χ3n) is 12.8. The lowest BCUT2D eigenvalue weighted by molar-refractivity contribution is 0.326. The Hall–Kier alpha value is -4.76. The first-order valence-corrected chi connectivity index (χ1v) is 19.7. The number of aryl methyl sites for hydroxylation is 2. The number of hydrogen-bond donors (Lipinski definition) is 0. The zero-order valence-electron chi connectivity index (χ0n) is 29.4. The van der Waals surface area contributed by atoms with E-state index in [4.69, 9.17) is 8.83 Å². The van der Waals surface area contributed by atoms with Gasteiger partial charge in [-0.1, -0.05) is 79.0 Å². The van der Waals surface area contributed by atoms with E-state index in [1.807, 2.05) is 0 Å². The molecule has 254 valence electrons. The van der Waals surface area contributed by atoms with Gasteiger partial charge in [0.25, 0.3) is 0 Å². The van der Waals surface area contributed by atoms with Crippen LogP contribution in [0.1, 0.15) is 126 Å². The van der Waals surface area contributed by atoms with Gasteiger partial charge in [-0.25, -0.2) is 0 Å². The monoisotopic (exact) mass is 667 g/mol. The van der Waals surface area contributed by atoms with Gasteiger partial charge in [0.1, 0.15) is 23.0 Å². The highest BCUT2D eigenvalue weighted by Gasteiger charge is 2.47. The van der Waals surface area contributed by atoms with E-state index in [1.54, 1.807) is 0 Å². The van der Waals surface area contributed by atoms with Crippen molar-refractivity contribution in [2.45, 2.75) is 95.3 Å². The molecule has 0 aromatic carbocycles. The molecule has 0 amide bonds. The topological polar surface area (TPSA) is 31.2 Å². The maximum Gasteiger partial charge on any atom is 0.120 e. The summed E-state index contributed by atoms with van der Waals surface area (Å²) in [5.74, 6) is 5.37. The van der Waals surface area contributed by atoms with Gasteiger partial charge in [-0.3, -0.25) is 0 Å². The van der Waals surface area contributed by atoms with Gasteiger partial charge in [0, 0.05) is 69.2 Å². The van der Waals surface area contributed by atoms with Gasteiger partial charge >= 0.3 is 0 Å². The minimum Gasteiger partial charge on any atom is -0.464 e. The van der Waals surface area contributed by atoms with E-state index >= 15 is 0 Å². The minimum absolute atomic E-state index is 0.150. The fraction of sp³-hybridized carbons (Fsp3) is 0.333. The molecule has 3 heterocycles. The van der Waals surface area contributed by atoms with Crippen LogP contribution in [-0.4, -0.2) is 4.57 Å². The molecule has 0 bridgehead atoms. The van der Waals surface area contributed by atoms with Crippen LogP contribution in [0.25, 0.3) is 41.1 Å². The van der Waals surface area contributed by atoms with Crippen molar-refractivity contribution < 1.29 is 8.83 Å². The third kappa shape index (κ3) is 4.62. The average Bonchev–Trinajstić information content (AvgIpc) is 3.87. The number of rotatable bonds is 4. The van der Waals surface area contributed by atoms with Gasteiger partial charge in [0.2, 0.25) is 0 Å². The highest BCUT2D eigenvalue weighted by molar-refractivity contribution is 5.91. The van der Waals surface area contributed by atoms with E-state index in [0.717, 1.165) is 95.0 Å². The molecule has 3 nitrogen and oxygen atoms in total. The van der Waals surface area contributed by atoms with Crippen LogP contribution in [0.5, 0.6) is 0 Å². The smallest absolute Gasteiger partial charge is 0.120 e. The second-order valence-electron chi connectivity index (χ2n) is 15.6. The summed E-state index contributed by atoms with van der Waals surface area (Å²) in [6, 6.07) is 0. The first kappa shape index (κ1) is 29.9. The number of nitrogens with zero attached hydrogens (tertiary/aromatic N) is 1. The van der Waals surface area contributed by atoms with Gasteiger partial charge < -0.3 is 13.4 Å². The molecule has 0 saturated carbocycles. The highest BCUT2D eigenvalue weighted by atomic mass is 16.4. The lowest BCUT2D eigenvalue weighted by Gasteiger charge is -2.36. The van der Waals surface area contributed by atoms with Crippen LogP contribution in [0.15, 0.2) is 98.5 Å². The van der Waals surface area contributed by atoms with Crippen LogP contribution in [0.4, 0.5) is 0 Å². The van der Waals surface area contributed by atoms with Gasteiger partial charge in [0.05, 0.1) is 5.92 Å². The molecular formula is C48H45NO2. The van der Waals surface area contributed by atoms with Gasteiger partial charge in [-0.2, -0.15) is 0 Å². The number of hydrogen-bond acceptors (Lipinski definition) is 2. The Balaban J connectivity index is 1.08. The van der Waals surface area contributed by atoms with Crippen LogP contribution >= 0.6 is 0 Å². The summed E-state index contributed by atoms with van der Waals surface area (Å²) in [5, 5.41) is 0. The zero-order valence-corrected chi connectivity index (χ0v) is 29.4. The van der Waals surface area contributed by atoms with E-state index in [-0.39, 0.29) is 11.8 Å². The SMILES string of the molecule is C1=CCC(C2c3oc4c(c3-c3c(oc5c3C=CCC5)C2C2=CCCC=C2)C=C(C2=Cc3c5c(n(C6=CCCC=C6)c3CC2)CCC=C5)CC4)C=C1. The Morgan fingerprint density at radius 3 is 2.10 bits per heavy atom. The maximum absolute atomic E-state index is 7.21. The second-order valence-corrected chi connectivity index (χ2v) is 15.6. The molecule has 0 N–H and O–H groups in total. The molecule has 11 rings (SSSR count). The highest BCUT2D eigenvalue weighted by Crippen LogP contribution is 2.60. The Morgan fingerprint density at radius 1 is 0.549 bits per heavy atom. The molecule has 3 aromatic rings. The van der Waals surface area contributed by atoms with Crippen molar-refractivity contribution in [1.29, 1.82) is 0 Å². The van der Waals surface area contributed by atoms with Gasteiger partial charge in [-0.05, 0) is 111 Å². The summed E-state index contributed by atoms with van der Waals surface area (Å²) in [6.45, 7) is 0. The standard InChI is InChI=1S/C48H45NO2/c1-4-14-30(15-5-1)43-44(31-16-6-2-7-17-31)48-46(45-36-21-11-13-23-41(36)50-47(43)45)38-29-33(25-27-42(38)51-48)32-24-26-40-37(28-32)35-20-10-12-22-39(35)49(40)34-18-8-3-9-19-34/h2,4,6-8,10-11,14-16,18-21,28-29,31,43-44H,1,3,5,9,12-13,17,22-27H2. The first-order valence-electron chi connectivity index (χ1n) is 19.7. The van der Waals surface area contributed by atoms with E-state index in [1.165, 1.54) is 78.7 Å². The van der Waals surface area contributed by atoms with E-state index in [0.29, 0.717) is 5.92 Å². The number of aromatic nitrogens is 1. The predicted octanol–water partition coefficient (Wildman–Crippen LogP) is 12.4. The van der Waals surface area contributed by atoms with Crippen LogP contribution in [-0.2, 0) is 25.7 Å². The molecule has 8 aliphatic carbocycles. The van der Waals surface area contributed by atoms with Crippen LogP contribution in [0, 0.1) is 5.92 Å². The molecule has 51 heavy (non-hydrogen) atoms. The normalized spacial score (nSPS) is 25.2. The summed E-state index contributed by atoms with van der Waals surface area (Å²) in [4.78, 5) is 0. The molecule has 3 heteroatoms. The van der Waals surface area contributed by atoms with Crippen molar-refractivity contribution in [3.8, 4) is 11.1 Å². The number of furan rings is 2. The van der Waals surface area contributed by atoms with Crippen molar-refractivity contribution in [2.75, 3.05) is 0 Å². The molecule has 8 aliphatic rings. The van der Waals surface area contributed by atoms with Crippen molar-refractivity contribution in [3.05, 3.63) is 146 Å². The van der Waals surface area contributed by atoms with Crippen molar-refractivity contribution >= 4 is 30.0 Å². The minimum atomic E-state index is 0.150. The van der Waals surface area contributed by atoms with Crippen LogP contribution in [0.3, 0.4) is 0 Å². The quantitative estimate of drug-likeness (QED) is 0.277. The summed E-state index contributed by atoms with van der Waals surface area (Å²) >= 11 is 0. The molecular weight excluding hydrogens is 623 g/mol. The summed E-state index contributed by atoms with van der Waals surface area (Å²) < 4.78 is 16.9. The average molecular weight is 668 g/mol. The van der Waals surface area contributed by atoms with E-state index in [2.05, 4.69) is 102 Å². The first-order chi connectivity index (χ1) is 25.3. The lowest BCUT2D eigenvalue weighted by Crippen LogP contribution is -2.24. The fourth-order valence-electron chi connectivity index (χ4n) is 10.5. The largest absolute Gasteiger partial charge is 0.464 e. The second kappa shape index (κ2) is 11.9. The Bertz CT molecular complexity index is 2300. The van der Waals surface area contributed by atoms with Crippen LogP contribution in [0.2, 0.25) is 0 Å². The lowest BCUT2D eigenvalue weighted by atomic mass is 9.66. The number of allylic oxidation sites excluding steroid dienone is 16. The fourth-order valence-corrected chi connectivity index (χ4v) is 10.5. The Kier molecular flexibility index (Phi) is 6.98. The van der Waals surface area contributed by atoms with Crippen molar-refractivity contribution in [2.24, 2.45) is 5.92 Å². The Labute approximate surface area is 301 Å². The van der Waals surface area contributed by atoms with Crippen LogP contribution < -0.4 is 0 Å². The molecule has 0 spiro atoms. The van der Waals surface area contributed by atoms with Gasteiger partial charge in [0.15, 0.2) is 0 Å². The summed E-state index contributed by atoms with van der Waals surface area (Å²) in [7, 11) is 0. The Morgan fingerprint density at radius 2 is 1.27 bits per heavy atom. The molecule has 3 aromatic heterocycles. The van der Waals surface area contributed by atoms with Crippen molar-refractivity contribution in [3.63, 3.8) is 0 Å². The molecule has 0 aliphatic heterocycles. The maximum atomic E-state index is 7.21. The summed E-state index contributed by atoms with van der Waals surface area (Å²) in [5.41, 5.74) is 16.9. The van der Waals surface area contributed by atoms with Crippen molar-refractivity contribution in [1.82, 2.24) is 4.57 Å². The molecule has 0 fully saturated rings.